The molecule has 3 amide bonds. The first-order valence-corrected chi connectivity index (χ1v) is 10.6. The molecule has 1 fully saturated rings. The molecule has 0 aromatic heterocycles. The number of nitrogens with zero attached hydrogens (tertiary/aromatic N) is 2. The van der Waals surface area contributed by atoms with Gasteiger partial charge in [0.2, 0.25) is 6.17 Å². The zero-order valence-electron chi connectivity index (χ0n) is 16.6. The number of rotatable bonds is 2. The van der Waals surface area contributed by atoms with E-state index in [2.05, 4.69) is 5.32 Å². The van der Waals surface area contributed by atoms with E-state index >= 15 is 0 Å². The second-order valence-corrected chi connectivity index (χ2v) is 8.14. The summed E-state index contributed by atoms with van der Waals surface area (Å²) in [6, 6.07) is 14.3. The lowest BCUT2D eigenvalue weighted by Crippen LogP contribution is -2.46. The van der Waals surface area contributed by atoms with Crippen LogP contribution in [-0.2, 0) is 4.79 Å². The lowest BCUT2D eigenvalue weighted by Gasteiger charge is -2.23. The molecule has 6 heteroatoms. The van der Waals surface area contributed by atoms with Crippen LogP contribution in [0.4, 0.5) is 5.69 Å². The van der Waals surface area contributed by atoms with E-state index in [9.17, 15) is 14.4 Å². The fourth-order valence-corrected chi connectivity index (χ4v) is 4.76. The monoisotopic (exact) mass is 401 g/mol. The third-order valence-corrected chi connectivity index (χ3v) is 6.27. The molecule has 0 spiro atoms. The minimum atomic E-state index is -1.21. The first kappa shape index (κ1) is 18.7. The number of para-hydroxylation sites is 1. The van der Waals surface area contributed by atoms with Crippen molar-refractivity contribution in [1.82, 2.24) is 4.90 Å². The largest absolute Gasteiger partial charge is 0.322 e. The summed E-state index contributed by atoms with van der Waals surface area (Å²) in [5.41, 5.74) is 3.04. The highest BCUT2D eigenvalue weighted by atomic mass is 16.2. The Morgan fingerprint density at radius 1 is 0.767 bits per heavy atom. The molecular formula is C24H23N3O3. The first-order chi connectivity index (χ1) is 14.6. The van der Waals surface area contributed by atoms with E-state index in [-0.39, 0.29) is 5.92 Å². The second-order valence-electron chi connectivity index (χ2n) is 8.14. The van der Waals surface area contributed by atoms with Crippen molar-refractivity contribution in [2.24, 2.45) is 10.9 Å². The van der Waals surface area contributed by atoms with Gasteiger partial charge in [-0.25, -0.2) is 4.90 Å². The maximum absolute atomic E-state index is 13.1. The Morgan fingerprint density at radius 3 is 1.97 bits per heavy atom. The highest BCUT2D eigenvalue weighted by Gasteiger charge is 2.44. The average molecular weight is 401 g/mol. The number of fused-ring (bicyclic) bond motifs is 2. The predicted octanol–water partition coefficient (Wildman–Crippen LogP) is 4.02. The smallest absolute Gasteiger partial charge is 0.270 e. The van der Waals surface area contributed by atoms with Crippen molar-refractivity contribution < 1.29 is 14.4 Å². The van der Waals surface area contributed by atoms with Crippen LogP contribution in [0, 0.1) is 5.92 Å². The Balaban J connectivity index is 1.61. The molecule has 6 nitrogen and oxygen atoms in total. The van der Waals surface area contributed by atoms with Crippen molar-refractivity contribution in [3.63, 3.8) is 0 Å². The standard InChI is InChI=1S/C24H23N3O3/c28-22-21(27-23(29)16-11-5-6-12-17(16)24(27)30)26-20(15-9-3-1-2-4-10-15)18-13-7-8-14-19(18)25-22/h5-8,11-15,21H,1-4,9-10H2,(H,25,28)/t21-/m0/s1. The molecule has 2 aliphatic heterocycles. The van der Waals surface area contributed by atoms with Gasteiger partial charge < -0.3 is 5.32 Å². The summed E-state index contributed by atoms with van der Waals surface area (Å²) in [6.07, 6.45) is 5.42. The van der Waals surface area contributed by atoms with Crippen molar-refractivity contribution in [2.75, 3.05) is 5.32 Å². The molecule has 1 atom stereocenters. The van der Waals surface area contributed by atoms with Gasteiger partial charge in [0, 0.05) is 17.2 Å². The number of nitrogens with one attached hydrogen (secondary N) is 1. The minimum Gasteiger partial charge on any atom is -0.322 e. The van der Waals surface area contributed by atoms with Crippen molar-refractivity contribution in [2.45, 2.75) is 44.7 Å². The number of amides is 3. The molecule has 1 aliphatic carbocycles. The van der Waals surface area contributed by atoms with Crippen LogP contribution >= 0.6 is 0 Å². The predicted molar refractivity (Wildman–Crippen MR) is 114 cm³/mol. The quantitative estimate of drug-likeness (QED) is 0.610. The summed E-state index contributed by atoms with van der Waals surface area (Å²) < 4.78 is 0. The van der Waals surface area contributed by atoms with Crippen LogP contribution in [0.25, 0.3) is 0 Å². The van der Waals surface area contributed by atoms with Gasteiger partial charge in [0.25, 0.3) is 17.7 Å². The Bertz CT molecular complexity index is 1030. The van der Waals surface area contributed by atoms with Crippen LogP contribution in [0.5, 0.6) is 0 Å². The Kier molecular flexibility index (Phi) is 4.69. The Labute approximate surface area is 175 Å². The van der Waals surface area contributed by atoms with Gasteiger partial charge in [-0.3, -0.25) is 19.4 Å². The maximum Gasteiger partial charge on any atom is 0.270 e. The molecule has 152 valence electrons. The summed E-state index contributed by atoms with van der Waals surface area (Å²) in [5.74, 6) is -1.18. The number of anilines is 1. The fourth-order valence-electron chi connectivity index (χ4n) is 4.76. The van der Waals surface area contributed by atoms with E-state index in [0.29, 0.717) is 16.8 Å². The van der Waals surface area contributed by atoms with Gasteiger partial charge in [-0.15, -0.1) is 0 Å². The van der Waals surface area contributed by atoms with E-state index in [0.717, 1.165) is 41.9 Å². The zero-order chi connectivity index (χ0) is 20.7. The molecule has 2 heterocycles. The summed E-state index contributed by atoms with van der Waals surface area (Å²) in [7, 11) is 0. The number of benzene rings is 2. The number of benzodiazepines with no additional fused rings is 1. The van der Waals surface area contributed by atoms with Gasteiger partial charge in [0.1, 0.15) is 0 Å². The molecule has 0 bridgehead atoms. The molecule has 0 radical (unpaired) electrons. The zero-order valence-corrected chi connectivity index (χ0v) is 16.6. The number of carbonyl (C=O) groups excluding carboxylic acids is 3. The molecule has 1 saturated carbocycles. The molecule has 1 N–H and O–H groups in total. The van der Waals surface area contributed by atoms with Crippen LogP contribution in [0.1, 0.15) is 64.8 Å². The second kappa shape index (κ2) is 7.52. The average Bonchev–Trinajstić information content (AvgIpc) is 2.98. The Hall–Kier alpha value is -3.28. The summed E-state index contributed by atoms with van der Waals surface area (Å²) in [4.78, 5) is 45.0. The lowest BCUT2D eigenvalue weighted by atomic mass is 9.89. The van der Waals surface area contributed by atoms with Crippen molar-refractivity contribution >= 4 is 29.1 Å². The lowest BCUT2D eigenvalue weighted by molar-refractivity contribution is -0.119. The van der Waals surface area contributed by atoms with Gasteiger partial charge in [-0.2, -0.15) is 0 Å². The molecule has 0 unspecified atom stereocenters. The number of hydrogen-bond donors (Lipinski definition) is 1. The van der Waals surface area contributed by atoms with Crippen LogP contribution < -0.4 is 5.32 Å². The van der Waals surface area contributed by atoms with Crippen molar-refractivity contribution in [1.29, 1.82) is 0 Å². The maximum atomic E-state index is 13.1. The van der Waals surface area contributed by atoms with Gasteiger partial charge in [-0.05, 0) is 31.0 Å². The molecule has 3 aliphatic rings. The van der Waals surface area contributed by atoms with E-state index in [1.165, 1.54) is 12.8 Å². The molecule has 5 rings (SSSR count). The van der Waals surface area contributed by atoms with E-state index in [1.54, 1.807) is 24.3 Å². The van der Waals surface area contributed by atoms with E-state index in [4.69, 9.17) is 4.99 Å². The summed E-state index contributed by atoms with van der Waals surface area (Å²) >= 11 is 0. The number of imide groups is 1. The van der Waals surface area contributed by atoms with Crippen molar-refractivity contribution in [3.05, 3.63) is 65.2 Å². The Morgan fingerprint density at radius 2 is 1.33 bits per heavy atom. The van der Waals surface area contributed by atoms with Crippen LogP contribution in [-0.4, -0.2) is 34.5 Å². The number of aliphatic imine (C=N–C) groups is 1. The number of hydrogen-bond acceptors (Lipinski definition) is 4. The minimum absolute atomic E-state index is 0.207. The van der Waals surface area contributed by atoms with Crippen LogP contribution in [0.15, 0.2) is 53.5 Å². The molecule has 30 heavy (non-hydrogen) atoms. The third kappa shape index (κ3) is 3.03. The molecular weight excluding hydrogens is 378 g/mol. The van der Waals surface area contributed by atoms with E-state index < -0.39 is 23.9 Å². The first-order valence-electron chi connectivity index (χ1n) is 10.6. The SMILES string of the molecule is O=C1Nc2ccccc2C(C2CCCCCC2)=N[C@H]1N1C(=O)c2ccccc2C1=O. The van der Waals surface area contributed by atoms with Crippen LogP contribution in [0.2, 0.25) is 0 Å². The van der Waals surface area contributed by atoms with Gasteiger partial charge in [0.15, 0.2) is 0 Å². The molecule has 0 saturated heterocycles. The van der Waals surface area contributed by atoms with Crippen LogP contribution in [0.3, 0.4) is 0 Å². The highest BCUT2D eigenvalue weighted by molar-refractivity contribution is 6.24. The van der Waals surface area contributed by atoms with Gasteiger partial charge in [-0.1, -0.05) is 56.0 Å². The van der Waals surface area contributed by atoms with Crippen molar-refractivity contribution in [3.8, 4) is 0 Å². The highest BCUT2D eigenvalue weighted by Crippen LogP contribution is 2.33. The normalized spacial score (nSPS) is 22.0. The van der Waals surface area contributed by atoms with Gasteiger partial charge in [0.05, 0.1) is 16.8 Å². The summed E-state index contributed by atoms with van der Waals surface area (Å²) in [6.45, 7) is 0. The molecule has 2 aromatic rings. The van der Waals surface area contributed by atoms with E-state index in [1.807, 2.05) is 24.3 Å². The number of carbonyl (C=O) groups is 3. The topological polar surface area (TPSA) is 78.8 Å². The molecule has 2 aromatic carbocycles. The fraction of sp³-hybridized carbons (Fsp3) is 0.333. The summed E-state index contributed by atoms with van der Waals surface area (Å²) in [5, 5.41) is 2.90. The third-order valence-electron chi connectivity index (χ3n) is 6.27. The van der Waals surface area contributed by atoms with Gasteiger partial charge >= 0.3 is 0 Å².